The van der Waals surface area contributed by atoms with Gasteiger partial charge >= 0.3 is 59.9 Å². The number of aliphatic hydroxyl groups excluding tert-OH is 1. The third kappa shape index (κ3) is 20.3. The summed E-state index contributed by atoms with van der Waals surface area (Å²) in [6, 6.07) is 36.9. The van der Waals surface area contributed by atoms with Crippen LogP contribution in [-0.4, -0.2) is 250 Å². The number of ether oxygens (including phenoxy) is 13. The fraction of sp³-hybridized carbons (Fsp3) is 0.630. The minimum atomic E-state index is -2.63. The Morgan fingerprint density at radius 2 is 0.776 bits per heavy atom. The van der Waals surface area contributed by atoms with Gasteiger partial charge < -0.3 is 90.9 Å². The Balaban J connectivity index is 0.000000217. The van der Waals surface area contributed by atoms with Gasteiger partial charge in [0.15, 0.2) is 63.8 Å². The lowest BCUT2D eigenvalue weighted by atomic mass is 9.44. The predicted octanol–water partition coefficient (Wildman–Crippen LogP) is 16.2. The predicted molar refractivity (Wildman–Crippen MR) is 525 cm³/mol. The summed E-state index contributed by atoms with van der Waals surface area (Å²) in [4.78, 5) is 170. The van der Waals surface area contributed by atoms with Crippen LogP contribution in [0.5, 0.6) is 0 Å². The molecule has 0 radical (unpaired) electrons. The Bertz CT molecular complexity index is 5500. The highest BCUT2D eigenvalue weighted by Crippen LogP contribution is 2.69. The molecule has 4 bridgehead atoms. The van der Waals surface area contributed by atoms with Gasteiger partial charge in [0.25, 0.3) is 0 Å². The Labute approximate surface area is 840 Å². The number of ketones is 2. The summed E-state index contributed by atoms with van der Waals surface area (Å²) in [6.45, 7) is 47.4. The number of carbonyl (C=O) groups is 12. The van der Waals surface area contributed by atoms with Crippen LogP contribution in [0.2, 0.25) is 36.3 Å². The third-order valence-electron chi connectivity index (χ3n) is 32.3. The van der Waals surface area contributed by atoms with Crippen molar-refractivity contribution < 1.29 is 148 Å². The van der Waals surface area contributed by atoms with Crippen molar-refractivity contribution in [2.24, 2.45) is 33.5 Å². The molecule has 4 heterocycles. The molecule has 4 saturated carbocycles. The van der Waals surface area contributed by atoms with Gasteiger partial charge in [0.2, 0.25) is 0 Å². The maximum absolute atomic E-state index is 16.4. The number of aliphatic carboxylic acids is 1. The minimum Gasteiger partial charge on any atom is -0.479 e. The number of aliphatic hydroxyl groups is 3. The number of benzene rings is 4. The van der Waals surface area contributed by atoms with Crippen LogP contribution in [0, 0.1) is 33.5 Å². The van der Waals surface area contributed by atoms with Crippen LogP contribution in [0.15, 0.2) is 144 Å². The fourth-order valence-electron chi connectivity index (χ4n) is 24.4. The van der Waals surface area contributed by atoms with Crippen molar-refractivity contribution in [2.75, 3.05) is 13.2 Å². The molecule has 6 aliphatic carbocycles. The number of amides is 2. The molecule has 784 valence electrons. The number of rotatable bonds is 23. The van der Waals surface area contributed by atoms with E-state index >= 15 is 14.4 Å². The molecule has 4 aromatic carbocycles. The quantitative estimate of drug-likeness (QED) is 0.0232. The van der Waals surface area contributed by atoms with Crippen molar-refractivity contribution in [3.05, 3.63) is 166 Å². The van der Waals surface area contributed by atoms with Crippen LogP contribution in [-0.2, 0) is 109 Å². The van der Waals surface area contributed by atoms with E-state index in [2.05, 4.69) is 41.5 Å². The van der Waals surface area contributed by atoms with Crippen molar-refractivity contribution in [3.63, 3.8) is 0 Å². The van der Waals surface area contributed by atoms with E-state index < -0.39 is 258 Å². The molecule has 4 aliphatic heterocycles. The molecule has 10 aliphatic rings. The number of fused-ring (bicyclic) bond motifs is 10. The molecule has 22 atom stereocenters. The first-order valence-electron chi connectivity index (χ1n) is 49.9. The smallest absolute Gasteiger partial charge is 0.413 e. The van der Waals surface area contributed by atoms with Crippen molar-refractivity contribution in [3.8, 4) is 0 Å². The molecule has 4 saturated heterocycles. The van der Waals surface area contributed by atoms with E-state index in [1.165, 1.54) is 37.5 Å². The second-order valence-electron chi connectivity index (χ2n) is 44.3. The molecule has 4 N–H and O–H groups in total. The molecule has 2 amide bonds. The van der Waals surface area contributed by atoms with E-state index in [9.17, 15) is 63.6 Å². The van der Waals surface area contributed by atoms with Gasteiger partial charge in [-0.1, -0.05) is 166 Å². The largest absolute Gasteiger partial charge is 0.479 e. The van der Waals surface area contributed by atoms with Gasteiger partial charge in [-0.3, -0.25) is 38.6 Å². The second kappa shape index (κ2) is 41.1. The van der Waals surface area contributed by atoms with Crippen molar-refractivity contribution in [1.82, 2.24) is 9.80 Å². The van der Waals surface area contributed by atoms with Gasteiger partial charge in [0.05, 0.1) is 65.3 Å². The zero-order valence-electron chi connectivity index (χ0n) is 88.0. The molecule has 4 aromatic rings. The highest BCUT2D eigenvalue weighted by atomic mass is 28.4. The van der Waals surface area contributed by atoms with Crippen LogP contribution >= 0.6 is 0 Å². The lowest BCUT2D eigenvalue weighted by Crippen LogP contribution is -2.82. The van der Waals surface area contributed by atoms with Gasteiger partial charge in [-0.05, 0) is 191 Å². The van der Waals surface area contributed by atoms with Gasteiger partial charge in [-0.25, -0.2) is 28.8 Å². The van der Waals surface area contributed by atoms with Crippen LogP contribution in [0.25, 0.3) is 0 Å². The summed E-state index contributed by atoms with van der Waals surface area (Å²) >= 11 is 0. The van der Waals surface area contributed by atoms with E-state index in [1.54, 1.807) is 240 Å². The highest BCUT2D eigenvalue weighted by molar-refractivity contribution is 6.74. The third-order valence-corrected chi connectivity index (χ3v) is 41.6. The first-order valence-corrected chi connectivity index (χ1v) is 55.0. The van der Waals surface area contributed by atoms with E-state index in [1.807, 2.05) is 6.07 Å². The van der Waals surface area contributed by atoms with E-state index in [0.29, 0.717) is 40.4 Å². The van der Waals surface area contributed by atoms with Crippen LogP contribution in [0.1, 0.15) is 263 Å². The Hall–Kier alpha value is -9.93. The molecule has 0 aromatic heterocycles. The highest BCUT2D eigenvalue weighted by Gasteiger charge is 2.82. The molecule has 14 rings (SSSR count). The molecule has 143 heavy (non-hydrogen) atoms. The summed E-state index contributed by atoms with van der Waals surface area (Å²) in [6.07, 6.45) is -17.0. The molecule has 8 fully saturated rings. The summed E-state index contributed by atoms with van der Waals surface area (Å²) in [5, 5.41) is 48.6. The number of Topliss-reactive ketones (excluding diaryl/α,β-unsaturated/α-hetero) is 2. The zero-order valence-corrected chi connectivity index (χ0v) is 90.0. The molecule has 1 unspecified atom stereocenters. The minimum absolute atomic E-state index is 0.0909. The SMILES string of the molecule is CC(C)(C)OC(=O)N1[C@@H](c2ccccc2)[C@H](C(=O)O)OC1(C)C.CC[Si](CC)(CC)O[C@H]1C[C@H]2OC[C@@]2(OC(C)=O)[C@H]2[C@H](OC(=O)c3ccccc3)[C@]3(O)C[C@H](O)C(C)=C([C@@H](OC(C)=O)C(=O)[C@]12C)C3(C)C.CC[Si](CC)(CC)O[C@H]1C[C@H]2OC[C@@]2(OC(C)=O)[C@H]2[C@H](OC(=O)c3ccccc3)[C@]3(O)C[C@H](OC(=O)C4OC(C)(C)N(C(=O)OC(C)(C)C)[C@H]4c4ccccc4)C(C)=C([C@@H](OC(C)=O)C(=O)[C@]12C)C3(C)C. The van der Waals surface area contributed by atoms with E-state index in [0.717, 1.165) is 18.1 Å². The molecule has 33 nitrogen and oxygen atoms in total. The van der Waals surface area contributed by atoms with Crippen molar-refractivity contribution >= 4 is 88.1 Å². The summed E-state index contributed by atoms with van der Waals surface area (Å²) in [7, 11) is -5.11. The van der Waals surface area contributed by atoms with Crippen molar-refractivity contribution in [2.45, 2.75) is 386 Å². The van der Waals surface area contributed by atoms with Crippen molar-refractivity contribution in [1.29, 1.82) is 0 Å². The molecule has 0 spiro atoms. The number of hydrogen-bond acceptors (Lipinski definition) is 30. The van der Waals surface area contributed by atoms with Gasteiger partial charge in [-0.2, -0.15) is 0 Å². The Kier molecular flexibility index (Phi) is 32.1. The average Bonchev–Trinajstić information content (AvgIpc) is 1.18. The van der Waals surface area contributed by atoms with Gasteiger partial charge in [0.1, 0.15) is 76.5 Å². The average molecular weight is 2030 g/mol. The van der Waals surface area contributed by atoms with E-state index in [4.69, 9.17) is 70.4 Å². The normalized spacial score (nSPS) is 32.7. The van der Waals surface area contributed by atoms with E-state index in [-0.39, 0.29) is 54.7 Å². The fourth-order valence-corrected chi connectivity index (χ4v) is 30.3. The first-order chi connectivity index (χ1) is 66.5. The summed E-state index contributed by atoms with van der Waals surface area (Å²) in [5.74, 6) is -10.3. The summed E-state index contributed by atoms with van der Waals surface area (Å²) in [5.41, 5.74) is -15.6. The molecule has 35 heteroatoms. The van der Waals surface area contributed by atoms with Gasteiger partial charge in [-0.15, -0.1) is 0 Å². The maximum atomic E-state index is 16.4. The van der Waals surface area contributed by atoms with Gasteiger partial charge in [0, 0.05) is 64.2 Å². The molecular weight excluding hydrogens is 1880 g/mol. The Morgan fingerprint density at radius 1 is 0.448 bits per heavy atom. The zero-order chi connectivity index (χ0) is 106. The monoisotopic (exact) mass is 2020 g/mol. The maximum Gasteiger partial charge on any atom is 0.413 e. The number of nitrogens with zero attached hydrogens (tertiary/aromatic N) is 2. The van der Waals surface area contributed by atoms with Crippen LogP contribution in [0.4, 0.5) is 9.59 Å². The standard InChI is InChI=1S/C54H73NO15Si.C37H52O11Si.C17H23NO5/c1-15-71(16-2,17-3)70-37-28-38-53(30-63-38,67-33(6)57)43-45(66-46(59)35-26-22-19-23-27-35)54(62)29-36(31(4)39(50(54,10)11)41(64-32(5)56)44(58)52(37,43)14)65-47(60)42-40(34-24-20-18-21-25-34)55(51(12,13)68-42)48(61)69-49(7,8)9;1-10-49(11-2,12-3)48-26-18-27-36(20-44-27,47-23(6)39)30-32(46-33(42)24-16-14-13-15-17-24)37(43)19-25(40)21(4)28(34(37,7)8)29(45-22(5)38)31(41)35(26,30)9;1-16(2,3)23-15(21)18-12(11-9-7-6-8-10-11)13(14(19)20)22-17(18,4)5/h18-27,36-38,40-43,45,62H,15-17,28-30H2,1-14H3;13-17,25-27,29-30,32,40,43H,10-12,18-20H2,1-9H3;6-10,12-13H,1-5H3,(H,19,20)/t36-,37-,38+,40-,41+,42?,43-,45-,52+,53-,54+;25-,26-,27+,29+,30-,32-,35+,36-,37+;12-,13+/m000/s1. The Morgan fingerprint density at radius 3 is 1.09 bits per heavy atom. The first kappa shape index (κ1) is 112. The number of hydrogen-bond donors (Lipinski definition) is 4. The number of carboxylic acids is 1. The number of carbonyl (C=O) groups excluding carboxylic acids is 11. The van der Waals surface area contributed by atoms with Crippen LogP contribution < -0.4 is 0 Å². The molecular formula is C108H148N2O31Si2. The number of esters is 7. The summed E-state index contributed by atoms with van der Waals surface area (Å²) < 4.78 is 94.8. The second-order valence-corrected chi connectivity index (χ2v) is 53.8. The lowest BCUT2D eigenvalue weighted by Gasteiger charge is -2.68. The topological polar surface area (TPSA) is 431 Å². The van der Waals surface area contributed by atoms with Crippen LogP contribution in [0.3, 0.4) is 0 Å². The number of carboxylic acid groups (broad SMARTS) is 1. The lowest BCUT2D eigenvalue weighted by molar-refractivity contribution is -0.344.